The second-order valence-corrected chi connectivity index (χ2v) is 1.40. The first-order valence-corrected chi connectivity index (χ1v) is 2.30. The SMILES string of the molecule is O=C(O)c1ccncn1.[Na+]. The fourth-order valence-corrected chi connectivity index (χ4v) is 0.417. The Labute approximate surface area is 79.6 Å². The predicted molar refractivity (Wildman–Crippen MR) is 29.0 cm³/mol. The third-order valence-electron chi connectivity index (χ3n) is 0.801. The van der Waals surface area contributed by atoms with Crippen molar-refractivity contribution in [3.8, 4) is 0 Å². The molecule has 5 heteroatoms. The van der Waals surface area contributed by atoms with Gasteiger partial charge < -0.3 is 5.11 Å². The molecule has 0 aliphatic carbocycles. The molecule has 4 nitrogen and oxygen atoms in total. The molecule has 0 aromatic carbocycles. The minimum absolute atomic E-state index is 0. The molecule has 0 atom stereocenters. The predicted octanol–water partition coefficient (Wildman–Crippen LogP) is -2.82. The summed E-state index contributed by atoms with van der Waals surface area (Å²) < 4.78 is 0. The summed E-state index contributed by atoms with van der Waals surface area (Å²) in [6, 6.07) is 1.34. The quantitative estimate of drug-likeness (QED) is 0.435. The second kappa shape index (κ2) is 4.38. The maximum absolute atomic E-state index is 10.1. The Hall–Kier alpha value is -0.450. The van der Waals surface area contributed by atoms with Crippen LogP contribution in [-0.2, 0) is 0 Å². The zero-order valence-corrected chi connectivity index (χ0v) is 7.48. The molecule has 0 bridgehead atoms. The molecule has 0 radical (unpaired) electrons. The fourth-order valence-electron chi connectivity index (χ4n) is 0.417. The van der Waals surface area contributed by atoms with Crippen LogP contribution in [0.2, 0.25) is 0 Å². The van der Waals surface area contributed by atoms with Crippen molar-refractivity contribution in [1.29, 1.82) is 0 Å². The number of aromatic carboxylic acids is 1. The van der Waals surface area contributed by atoms with E-state index in [4.69, 9.17) is 5.11 Å². The Balaban J connectivity index is 0.000000810. The number of carbonyl (C=O) groups is 1. The van der Waals surface area contributed by atoms with Crippen molar-refractivity contribution < 1.29 is 39.5 Å². The van der Waals surface area contributed by atoms with E-state index in [9.17, 15) is 4.79 Å². The Bertz CT molecular complexity index is 214. The molecule has 0 unspecified atom stereocenters. The maximum atomic E-state index is 10.1. The van der Waals surface area contributed by atoms with E-state index in [1.54, 1.807) is 0 Å². The van der Waals surface area contributed by atoms with Crippen LogP contribution in [0.25, 0.3) is 0 Å². The van der Waals surface area contributed by atoms with Crippen molar-refractivity contribution in [2.75, 3.05) is 0 Å². The largest absolute Gasteiger partial charge is 1.00 e. The van der Waals surface area contributed by atoms with E-state index in [2.05, 4.69) is 9.97 Å². The Morgan fingerprint density at radius 1 is 1.60 bits per heavy atom. The summed E-state index contributed by atoms with van der Waals surface area (Å²) >= 11 is 0. The number of carboxylic acid groups (broad SMARTS) is 1. The molecule has 0 aliphatic heterocycles. The van der Waals surface area contributed by atoms with Gasteiger partial charge in [0.15, 0.2) is 5.69 Å². The Morgan fingerprint density at radius 3 is 2.60 bits per heavy atom. The van der Waals surface area contributed by atoms with E-state index < -0.39 is 5.97 Å². The third kappa shape index (κ3) is 2.43. The van der Waals surface area contributed by atoms with Crippen molar-refractivity contribution in [3.63, 3.8) is 0 Å². The Kier molecular flexibility index (Phi) is 4.18. The molecular formula is C5H4N2NaO2+. The van der Waals surface area contributed by atoms with E-state index in [0.29, 0.717) is 0 Å². The first kappa shape index (κ1) is 9.55. The van der Waals surface area contributed by atoms with Crippen LogP contribution in [0.4, 0.5) is 0 Å². The number of rotatable bonds is 1. The van der Waals surface area contributed by atoms with E-state index in [1.165, 1.54) is 18.6 Å². The number of hydrogen-bond donors (Lipinski definition) is 1. The van der Waals surface area contributed by atoms with Gasteiger partial charge in [-0.05, 0) is 6.07 Å². The monoisotopic (exact) mass is 147 g/mol. The van der Waals surface area contributed by atoms with Crippen LogP contribution in [0.15, 0.2) is 18.6 Å². The topological polar surface area (TPSA) is 63.1 Å². The van der Waals surface area contributed by atoms with E-state index in [-0.39, 0.29) is 35.3 Å². The van der Waals surface area contributed by atoms with Crippen molar-refractivity contribution >= 4 is 5.97 Å². The van der Waals surface area contributed by atoms with Crippen LogP contribution in [-0.4, -0.2) is 21.0 Å². The van der Waals surface area contributed by atoms with Gasteiger partial charge in [0.05, 0.1) is 0 Å². The molecule has 0 aliphatic rings. The molecule has 1 N–H and O–H groups in total. The van der Waals surface area contributed by atoms with Gasteiger partial charge in [-0.2, -0.15) is 0 Å². The van der Waals surface area contributed by atoms with Crippen molar-refractivity contribution in [1.82, 2.24) is 9.97 Å². The Morgan fingerprint density at radius 2 is 2.30 bits per heavy atom. The number of aromatic nitrogens is 2. The molecule has 1 heterocycles. The normalized spacial score (nSPS) is 8.00. The minimum Gasteiger partial charge on any atom is -0.477 e. The first-order valence-electron chi connectivity index (χ1n) is 2.30. The average Bonchev–Trinajstić information content (AvgIpc) is 1.90. The van der Waals surface area contributed by atoms with Crippen molar-refractivity contribution in [3.05, 3.63) is 24.3 Å². The summed E-state index contributed by atoms with van der Waals surface area (Å²) in [6.45, 7) is 0. The van der Waals surface area contributed by atoms with Crippen LogP contribution < -0.4 is 29.6 Å². The minimum atomic E-state index is -1.03. The van der Waals surface area contributed by atoms with Crippen LogP contribution in [0, 0.1) is 0 Å². The van der Waals surface area contributed by atoms with Gasteiger partial charge >= 0.3 is 35.5 Å². The summed E-state index contributed by atoms with van der Waals surface area (Å²) in [4.78, 5) is 17.1. The molecule has 0 fully saturated rings. The molecule has 1 aromatic rings. The maximum Gasteiger partial charge on any atom is 1.00 e. The van der Waals surface area contributed by atoms with E-state index >= 15 is 0 Å². The molecular weight excluding hydrogens is 143 g/mol. The summed E-state index contributed by atoms with van der Waals surface area (Å²) in [5, 5.41) is 8.29. The molecule has 0 saturated carbocycles. The van der Waals surface area contributed by atoms with Gasteiger partial charge in [0.2, 0.25) is 0 Å². The van der Waals surface area contributed by atoms with Crippen LogP contribution in [0.1, 0.15) is 10.5 Å². The van der Waals surface area contributed by atoms with Gasteiger partial charge in [-0.1, -0.05) is 0 Å². The zero-order valence-electron chi connectivity index (χ0n) is 5.48. The summed E-state index contributed by atoms with van der Waals surface area (Å²) in [6.07, 6.45) is 2.58. The van der Waals surface area contributed by atoms with Crippen molar-refractivity contribution in [2.45, 2.75) is 0 Å². The molecule has 0 saturated heterocycles. The third-order valence-corrected chi connectivity index (χ3v) is 0.801. The van der Waals surface area contributed by atoms with Gasteiger partial charge in [-0.3, -0.25) is 0 Å². The number of hydrogen-bond acceptors (Lipinski definition) is 3. The molecule has 10 heavy (non-hydrogen) atoms. The second-order valence-electron chi connectivity index (χ2n) is 1.40. The van der Waals surface area contributed by atoms with Crippen molar-refractivity contribution in [2.24, 2.45) is 0 Å². The number of carboxylic acids is 1. The molecule has 0 spiro atoms. The van der Waals surface area contributed by atoms with E-state index in [1.807, 2.05) is 0 Å². The van der Waals surface area contributed by atoms with Crippen LogP contribution in [0.3, 0.4) is 0 Å². The van der Waals surface area contributed by atoms with Gasteiger partial charge in [-0.25, -0.2) is 14.8 Å². The molecule has 1 aromatic heterocycles. The molecule has 1 rings (SSSR count). The van der Waals surface area contributed by atoms with Gasteiger partial charge in [0.1, 0.15) is 6.33 Å². The standard InChI is InChI=1S/C5H4N2O2.Na/c8-5(9)4-1-2-6-3-7-4;/h1-3H,(H,8,9);/q;+1. The first-order chi connectivity index (χ1) is 4.30. The molecule has 0 amide bonds. The van der Waals surface area contributed by atoms with Gasteiger partial charge in [-0.15, -0.1) is 0 Å². The zero-order chi connectivity index (χ0) is 6.69. The smallest absolute Gasteiger partial charge is 0.477 e. The summed E-state index contributed by atoms with van der Waals surface area (Å²) in [5.74, 6) is -1.03. The molecule has 46 valence electrons. The number of nitrogens with zero attached hydrogens (tertiary/aromatic N) is 2. The fraction of sp³-hybridized carbons (Fsp3) is 0. The van der Waals surface area contributed by atoms with Crippen LogP contribution >= 0.6 is 0 Å². The average molecular weight is 147 g/mol. The van der Waals surface area contributed by atoms with Gasteiger partial charge in [0.25, 0.3) is 0 Å². The van der Waals surface area contributed by atoms with Crippen LogP contribution in [0.5, 0.6) is 0 Å². The summed E-state index contributed by atoms with van der Waals surface area (Å²) in [5.41, 5.74) is 0.0185. The summed E-state index contributed by atoms with van der Waals surface area (Å²) in [7, 11) is 0. The van der Waals surface area contributed by atoms with Gasteiger partial charge in [0, 0.05) is 6.20 Å². The van der Waals surface area contributed by atoms with E-state index in [0.717, 1.165) is 0 Å².